The van der Waals surface area contributed by atoms with E-state index in [2.05, 4.69) is 6.92 Å². The lowest BCUT2D eigenvalue weighted by atomic mass is 9.88. The summed E-state index contributed by atoms with van der Waals surface area (Å²) in [6, 6.07) is 5.29. The van der Waals surface area contributed by atoms with Crippen LogP contribution in [0.5, 0.6) is 5.75 Å². The van der Waals surface area contributed by atoms with Crippen LogP contribution in [0.4, 0.5) is 4.39 Å². The molecule has 0 aromatic heterocycles. The minimum atomic E-state index is -0.176. The van der Waals surface area contributed by atoms with E-state index >= 15 is 0 Å². The first-order chi connectivity index (χ1) is 7.63. The van der Waals surface area contributed by atoms with Gasteiger partial charge < -0.3 is 10.5 Å². The fraction of sp³-hybridized carbons (Fsp3) is 0.538. The summed E-state index contributed by atoms with van der Waals surface area (Å²) in [6.45, 7) is 2.10. The largest absolute Gasteiger partial charge is 0.497 e. The number of ether oxygens (including phenoxy) is 1. The Morgan fingerprint density at radius 1 is 1.38 bits per heavy atom. The molecule has 88 valence electrons. The standard InChI is InChI=1S/C13H18FNO/c1-8-10(5-6-13(8)15)11-4-3-9(16-2)7-12(11)14/h3-4,7-8,10,13H,5-6,15H2,1-2H3. The summed E-state index contributed by atoms with van der Waals surface area (Å²) < 4.78 is 18.9. The summed E-state index contributed by atoms with van der Waals surface area (Å²) >= 11 is 0. The summed E-state index contributed by atoms with van der Waals surface area (Å²) in [6.07, 6.45) is 1.96. The predicted molar refractivity (Wildman–Crippen MR) is 62.1 cm³/mol. The van der Waals surface area contributed by atoms with Gasteiger partial charge in [-0.3, -0.25) is 0 Å². The van der Waals surface area contributed by atoms with Crippen molar-refractivity contribution in [3.8, 4) is 5.75 Å². The molecule has 3 atom stereocenters. The van der Waals surface area contributed by atoms with Crippen LogP contribution in [0.2, 0.25) is 0 Å². The Labute approximate surface area is 95.6 Å². The average Bonchev–Trinajstić information content (AvgIpc) is 2.60. The monoisotopic (exact) mass is 223 g/mol. The van der Waals surface area contributed by atoms with Crippen molar-refractivity contribution in [2.45, 2.75) is 31.7 Å². The van der Waals surface area contributed by atoms with E-state index in [1.54, 1.807) is 7.11 Å². The van der Waals surface area contributed by atoms with Crippen LogP contribution in [0.15, 0.2) is 18.2 Å². The van der Waals surface area contributed by atoms with Gasteiger partial charge in [-0.15, -0.1) is 0 Å². The first-order valence-corrected chi connectivity index (χ1v) is 5.72. The van der Waals surface area contributed by atoms with Crippen molar-refractivity contribution in [2.75, 3.05) is 7.11 Å². The number of halogens is 1. The van der Waals surface area contributed by atoms with E-state index in [-0.39, 0.29) is 17.8 Å². The second kappa shape index (κ2) is 4.42. The molecule has 1 aromatic carbocycles. The van der Waals surface area contributed by atoms with Crippen LogP contribution >= 0.6 is 0 Å². The van der Waals surface area contributed by atoms with Gasteiger partial charge in [-0.05, 0) is 36.3 Å². The maximum Gasteiger partial charge on any atom is 0.130 e. The van der Waals surface area contributed by atoms with Crippen molar-refractivity contribution in [3.63, 3.8) is 0 Å². The van der Waals surface area contributed by atoms with Gasteiger partial charge >= 0.3 is 0 Å². The SMILES string of the molecule is COc1ccc(C2CCC(N)C2C)c(F)c1. The van der Waals surface area contributed by atoms with E-state index < -0.39 is 0 Å². The number of hydrogen-bond donors (Lipinski definition) is 1. The number of hydrogen-bond acceptors (Lipinski definition) is 2. The van der Waals surface area contributed by atoms with Crippen LogP contribution in [0.25, 0.3) is 0 Å². The summed E-state index contributed by atoms with van der Waals surface area (Å²) in [5.41, 5.74) is 6.74. The highest BCUT2D eigenvalue weighted by atomic mass is 19.1. The minimum absolute atomic E-state index is 0.176. The van der Waals surface area contributed by atoms with Gasteiger partial charge in [0.2, 0.25) is 0 Å². The molecule has 0 bridgehead atoms. The normalized spacial score (nSPS) is 29.4. The number of methoxy groups -OCH3 is 1. The molecule has 1 fully saturated rings. The molecular weight excluding hydrogens is 205 g/mol. The van der Waals surface area contributed by atoms with E-state index in [0.29, 0.717) is 11.7 Å². The fourth-order valence-corrected chi connectivity index (χ4v) is 2.57. The Hall–Kier alpha value is -1.09. The molecule has 2 rings (SSSR count). The minimum Gasteiger partial charge on any atom is -0.497 e. The first-order valence-electron chi connectivity index (χ1n) is 5.72. The van der Waals surface area contributed by atoms with Gasteiger partial charge in [0.25, 0.3) is 0 Å². The van der Waals surface area contributed by atoms with Crippen molar-refractivity contribution in [3.05, 3.63) is 29.6 Å². The molecule has 1 aromatic rings. The van der Waals surface area contributed by atoms with E-state index in [9.17, 15) is 4.39 Å². The van der Waals surface area contributed by atoms with E-state index in [0.717, 1.165) is 18.4 Å². The molecular formula is C13H18FNO. The molecule has 0 amide bonds. The average molecular weight is 223 g/mol. The second-order valence-electron chi connectivity index (χ2n) is 4.59. The highest BCUT2D eigenvalue weighted by Gasteiger charge is 2.32. The fourth-order valence-electron chi connectivity index (χ4n) is 2.57. The topological polar surface area (TPSA) is 35.2 Å². The Bertz CT molecular complexity index is 380. The molecule has 1 aliphatic carbocycles. The van der Waals surface area contributed by atoms with Crippen LogP contribution in [0, 0.1) is 11.7 Å². The predicted octanol–water partition coefficient (Wildman–Crippen LogP) is 2.68. The van der Waals surface area contributed by atoms with Crippen LogP contribution in [-0.2, 0) is 0 Å². The summed E-state index contributed by atoms with van der Waals surface area (Å²) in [4.78, 5) is 0. The molecule has 3 unspecified atom stereocenters. The molecule has 2 N–H and O–H groups in total. The Balaban J connectivity index is 2.27. The van der Waals surface area contributed by atoms with Crippen molar-refractivity contribution >= 4 is 0 Å². The lowest BCUT2D eigenvalue weighted by Gasteiger charge is -2.19. The molecule has 16 heavy (non-hydrogen) atoms. The third-order valence-electron chi connectivity index (χ3n) is 3.73. The summed E-state index contributed by atoms with van der Waals surface area (Å²) in [5, 5.41) is 0. The Morgan fingerprint density at radius 3 is 2.62 bits per heavy atom. The molecule has 0 radical (unpaired) electrons. The molecule has 2 nitrogen and oxygen atoms in total. The van der Waals surface area contributed by atoms with Crippen molar-refractivity contribution in [1.29, 1.82) is 0 Å². The van der Waals surface area contributed by atoms with Crippen molar-refractivity contribution < 1.29 is 9.13 Å². The van der Waals surface area contributed by atoms with Crippen molar-refractivity contribution in [1.82, 2.24) is 0 Å². The van der Waals surface area contributed by atoms with Gasteiger partial charge in [0.05, 0.1) is 7.11 Å². The van der Waals surface area contributed by atoms with Crippen molar-refractivity contribution in [2.24, 2.45) is 11.7 Å². The van der Waals surface area contributed by atoms with Crippen LogP contribution < -0.4 is 10.5 Å². The maximum absolute atomic E-state index is 13.9. The molecule has 1 aliphatic rings. The van der Waals surface area contributed by atoms with Crippen LogP contribution in [0.3, 0.4) is 0 Å². The Kier molecular flexibility index (Phi) is 3.15. The highest BCUT2D eigenvalue weighted by Crippen LogP contribution is 2.40. The zero-order chi connectivity index (χ0) is 11.7. The third kappa shape index (κ3) is 1.92. The number of nitrogens with two attached hydrogens (primary N) is 1. The molecule has 0 heterocycles. The molecule has 0 spiro atoms. The van der Waals surface area contributed by atoms with E-state index in [4.69, 9.17) is 10.5 Å². The molecule has 3 heteroatoms. The van der Waals surface area contributed by atoms with Crippen LogP contribution in [0.1, 0.15) is 31.2 Å². The first kappa shape index (κ1) is 11.4. The zero-order valence-corrected chi connectivity index (χ0v) is 9.74. The number of benzene rings is 1. The maximum atomic E-state index is 13.9. The molecule has 0 saturated heterocycles. The lowest BCUT2D eigenvalue weighted by molar-refractivity contribution is 0.408. The quantitative estimate of drug-likeness (QED) is 0.836. The summed E-state index contributed by atoms with van der Waals surface area (Å²) in [5.74, 6) is 0.991. The van der Waals surface area contributed by atoms with Gasteiger partial charge in [-0.1, -0.05) is 13.0 Å². The van der Waals surface area contributed by atoms with Gasteiger partial charge in [-0.25, -0.2) is 4.39 Å². The van der Waals surface area contributed by atoms with Gasteiger partial charge in [0.15, 0.2) is 0 Å². The highest BCUT2D eigenvalue weighted by molar-refractivity contribution is 5.32. The Morgan fingerprint density at radius 2 is 2.12 bits per heavy atom. The third-order valence-corrected chi connectivity index (χ3v) is 3.73. The smallest absolute Gasteiger partial charge is 0.130 e. The van der Waals surface area contributed by atoms with Gasteiger partial charge in [0.1, 0.15) is 11.6 Å². The summed E-state index contributed by atoms with van der Waals surface area (Å²) in [7, 11) is 1.54. The van der Waals surface area contributed by atoms with E-state index in [1.165, 1.54) is 6.07 Å². The van der Waals surface area contributed by atoms with Gasteiger partial charge in [-0.2, -0.15) is 0 Å². The van der Waals surface area contributed by atoms with Gasteiger partial charge in [0, 0.05) is 12.1 Å². The number of rotatable bonds is 2. The molecule has 0 aliphatic heterocycles. The zero-order valence-electron chi connectivity index (χ0n) is 9.74. The lowest BCUT2D eigenvalue weighted by Crippen LogP contribution is -2.24. The van der Waals surface area contributed by atoms with Crippen LogP contribution in [-0.4, -0.2) is 13.2 Å². The molecule has 1 saturated carbocycles. The second-order valence-corrected chi connectivity index (χ2v) is 4.59. The van der Waals surface area contributed by atoms with E-state index in [1.807, 2.05) is 12.1 Å².